The Kier molecular flexibility index (Phi) is 4.00. The maximum absolute atomic E-state index is 12.9. The van der Waals surface area contributed by atoms with Crippen LogP contribution in [-0.4, -0.2) is 37.9 Å². The largest absolute Gasteiger partial charge is 0.471 e. The first kappa shape index (κ1) is 15.0. The second-order valence-electron chi connectivity index (χ2n) is 6.24. The van der Waals surface area contributed by atoms with E-state index in [1.165, 1.54) is 12.1 Å². The summed E-state index contributed by atoms with van der Waals surface area (Å²) in [7, 11) is 0. The molecule has 1 N–H and O–H groups in total. The topological polar surface area (TPSA) is 58.5 Å². The van der Waals surface area contributed by atoms with E-state index in [1.807, 2.05) is 0 Å². The molecule has 0 aliphatic carbocycles. The summed E-state index contributed by atoms with van der Waals surface area (Å²) in [4.78, 5) is 2.28. The van der Waals surface area contributed by atoms with Gasteiger partial charge in [0.05, 0.1) is 23.9 Å². The molecule has 0 radical (unpaired) electrons. The molecule has 4 unspecified atom stereocenters. The van der Waals surface area contributed by atoms with Crippen LogP contribution in [0.3, 0.4) is 0 Å². The summed E-state index contributed by atoms with van der Waals surface area (Å²) in [6.45, 7) is 1.96. The van der Waals surface area contributed by atoms with E-state index in [1.54, 1.807) is 12.1 Å². The van der Waals surface area contributed by atoms with Gasteiger partial charge >= 0.3 is 0 Å². The Morgan fingerprint density at radius 1 is 1.22 bits per heavy atom. The van der Waals surface area contributed by atoms with Crippen LogP contribution in [-0.2, 0) is 6.61 Å². The normalized spacial score (nSPS) is 29.7. The zero-order valence-electron chi connectivity index (χ0n) is 12.6. The Morgan fingerprint density at radius 3 is 2.87 bits per heavy atom. The third-order valence-corrected chi connectivity index (χ3v) is 5.30. The fourth-order valence-corrected chi connectivity index (χ4v) is 4.06. The molecule has 2 aliphatic heterocycles. The number of rotatable bonds is 4. The summed E-state index contributed by atoms with van der Waals surface area (Å²) < 4.78 is 27.5. The summed E-state index contributed by atoms with van der Waals surface area (Å²) in [6.07, 6.45) is 1.76. The van der Waals surface area contributed by atoms with Crippen LogP contribution in [0.4, 0.5) is 4.39 Å². The molecule has 2 fully saturated rings. The van der Waals surface area contributed by atoms with Crippen molar-refractivity contribution in [1.29, 1.82) is 0 Å². The SMILES string of the molecule is OC1CN2CC1CCC2c1nsnc1OCc1ccc(F)cc1. The molecule has 2 aromatic rings. The van der Waals surface area contributed by atoms with Gasteiger partial charge < -0.3 is 9.84 Å². The van der Waals surface area contributed by atoms with E-state index >= 15 is 0 Å². The lowest BCUT2D eigenvalue weighted by molar-refractivity contribution is 0.144. The van der Waals surface area contributed by atoms with Crippen LogP contribution in [0.5, 0.6) is 5.88 Å². The number of piperidine rings is 1. The number of aliphatic hydroxyl groups excluding tert-OH is 1. The summed E-state index contributed by atoms with van der Waals surface area (Å²) >= 11 is 1.15. The average molecular weight is 335 g/mol. The summed E-state index contributed by atoms with van der Waals surface area (Å²) in [6, 6.07) is 6.43. The molecule has 2 saturated heterocycles. The van der Waals surface area contributed by atoms with E-state index in [0.717, 1.165) is 42.4 Å². The molecule has 4 atom stereocenters. The number of ether oxygens (including phenoxy) is 1. The maximum Gasteiger partial charge on any atom is 0.251 e. The van der Waals surface area contributed by atoms with Gasteiger partial charge in [-0.05, 0) is 36.5 Å². The predicted molar refractivity (Wildman–Crippen MR) is 83.7 cm³/mol. The third kappa shape index (κ3) is 2.96. The lowest BCUT2D eigenvalue weighted by atomic mass is 9.93. The lowest BCUT2D eigenvalue weighted by Crippen LogP contribution is -2.31. The molecule has 0 saturated carbocycles. The van der Waals surface area contributed by atoms with Gasteiger partial charge in [0.1, 0.15) is 18.1 Å². The fraction of sp³-hybridized carbons (Fsp3) is 0.500. The van der Waals surface area contributed by atoms with Crippen molar-refractivity contribution in [2.24, 2.45) is 5.92 Å². The van der Waals surface area contributed by atoms with Gasteiger partial charge in [-0.2, -0.15) is 4.37 Å². The lowest BCUT2D eigenvalue weighted by Gasteiger charge is -2.30. The van der Waals surface area contributed by atoms with Crippen LogP contribution in [0.15, 0.2) is 24.3 Å². The van der Waals surface area contributed by atoms with Crippen molar-refractivity contribution in [2.45, 2.75) is 31.6 Å². The van der Waals surface area contributed by atoms with Crippen molar-refractivity contribution < 1.29 is 14.2 Å². The summed E-state index contributed by atoms with van der Waals surface area (Å²) in [5, 5.41) is 10.0. The van der Waals surface area contributed by atoms with Crippen molar-refractivity contribution in [3.63, 3.8) is 0 Å². The van der Waals surface area contributed by atoms with E-state index in [9.17, 15) is 9.50 Å². The minimum absolute atomic E-state index is 0.172. The van der Waals surface area contributed by atoms with Gasteiger partial charge in [-0.3, -0.25) is 4.90 Å². The molecule has 0 amide bonds. The van der Waals surface area contributed by atoms with Crippen LogP contribution >= 0.6 is 11.7 Å². The average Bonchev–Trinajstić information content (AvgIpc) is 3.13. The highest BCUT2D eigenvalue weighted by molar-refractivity contribution is 6.99. The molecule has 5 nitrogen and oxygen atoms in total. The number of hydrogen-bond donors (Lipinski definition) is 1. The maximum atomic E-state index is 12.9. The van der Waals surface area contributed by atoms with Crippen molar-refractivity contribution >= 4 is 11.7 Å². The molecule has 7 heteroatoms. The minimum Gasteiger partial charge on any atom is -0.471 e. The van der Waals surface area contributed by atoms with E-state index < -0.39 is 0 Å². The highest BCUT2D eigenvalue weighted by Crippen LogP contribution is 2.41. The monoisotopic (exact) mass is 335 g/mol. The van der Waals surface area contributed by atoms with E-state index in [-0.39, 0.29) is 18.0 Å². The van der Waals surface area contributed by atoms with E-state index in [4.69, 9.17) is 4.74 Å². The molecule has 4 rings (SSSR count). The van der Waals surface area contributed by atoms with Gasteiger partial charge in [0.25, 0.3) is 5.88 Å². The molecule has 122 valence electrons. The number of fused-ring (bicyclic) bond motifs is 2. The highest BCUT2D eigenvalue weighted by Gasteiger charge is 2.42. The fourth-order valence-electron chi connectivity index (χ4n) is 3.51. The Hall–Kier alpha value is -1.57. The quantitative estimate of drug-likeness (QED) is 0.930. The van der Waals surface area contributed by atoms with Gasteiger partial charge in [-0.25, -0.2) is 4.39 Å². The summed E-state index contributed by atoms with van der Waals surface area (Å²) in [5.41, 5.74) is 1.76. The molecule has 1 aromatic heterocycles. The third-order valence-electron chi connectivity index (χ3n) is 4.77. The first-order valence-corrected chi connectivity index (χ1v) is 8.55. The molecule has 1 aromatic carbocycles. The smallest absolute Gasteiger partial charge is 0.251 e. The number of benzene rings is 1. The molecular formula is C16H18FN3O2S. The second kappa shape index (κ2) is 6.14. The molecule has 2 aliphatic rings. The number of halogens is 1. The Labute approximate surface area is 138 Å². The zero-order valence-corrected chi connectivity index (χ0v) is 13.4. The number of hydrogen-bond acceptors (Lipinski definition) is 6. The highest BCUT2D eigenvalue weighted by atomic mass is 32.1. The van der Waals surface area contributed by atoms with Crippen LogP contribution in [0.1, 0.15) is 30.1 Å². The number of nitrogens with zero attached hydrogens (tertiary/aromatic N) is 3. The Balaban J connectivity index is 1.47. The van der Waals surface area contributed by atoms with Crippen LogP contribution in [0.2, 0.25) is 0 Å². The number of aromatic nitrogens is 2. The number of aliphatic hydroxyl groups is 1. The molecule has 23 heavy (non-hydrogen) atoms. The van der Waals surface area contributed by atoms with Crippen LogP contribution < -0.4 is 4.74 Å². The molecule has 3 heterocycles. The molecule has 0 spiro atoms. The van der Waals surface area contributed by atoms with Crippen LogP contribution in [0.25, 0.3) is 0 Å². The van der Waals surface area contributed by atoms with Crippen molar-refractivity contribution in [1.82, 2.24) is 13.6 Å². The van der Waals surface area contributed by atoms with Gasteiger partial charge in [-0.1, -0.05) is 12.1 Å². The van der Waals surface area contributed by atoms with Crippen molar-refractivity contribution in [3.05, 3.63) is 41.3 Å². The standard InChI is InChI=1S/C16H18FN3O2S/c17-12-4-1-10(2-5-12)9-22-16-15(18-23-19-16)13-6-3-11-7-20(13)8-14(11)21/h1-2,4-5,11,13-14,21H,3,6-9H2. The van der Waals surface area contributed by atoms with Crippen LogP contribution in [0, 0.1) is 11.7 Å². The minimum atomic E-state index is -0.255. The van der Waals surface area contributed by atoms with Crippen molar-refractivity contribution in [3.8, 4) is 5.88 Å². The first-order chi connectivity index (χ1) is 11.2. The second-order valence-corrected chi connectivity index (χ2v) is 6.77. The Bertz CT molecular complexity index is 676. The van der Waals surface area contributed by atoms with E-state index in [2.05, 4.69) is 13.6 Å². The van der Waals surface area contributed by atoms with Gasteiger partial charge in [0.2, 0.25) is 0 Å². The van der Waals surface area contributed by atoms with Gasteiger partial charge in [0.15, 0.2) is 0 Å². The molecule has 2 bridgehead atoms. The van der Waals surface area contributed by atoms with E-state index in [0.29, 0.717) is 24.9 Å². The Morgan fingerprint density at radius 2 is 2.04 bits per heavy atom. The van der Waals surface area contributed by atoms with Gasteiger partial charge in [0, 0.05) is 13.1 Å². The zero-order chi connectivity index (χ0) is 15.8. The first-order valence-electron chi connectivity index (χ1n) is 7.82. The van der Waals surface area contributed by atoms with Crippen molar-refractivity contribution in [2.75, 3.05) is 13.1 Å². The predicted octanol–water partition coefficient (Wildman–Crippen LogP) is 2.38. The summed E-state index contributed by atoms with van der Waals surface area (Å²) in [5.74, 6) is 0.694. The molecular weight excluding hydrogens is 317 g/mol. The van der Waals surface area contributed by atoms with Gasteiger partial charge in [-0.15, -0.1) is 4.37 Å².